The van der Waals surface area contributed by atoms with Crippen LogP contribution in [0.3, 0.4) is 0 Å². The summed E-state index contributed by atoms with van der Waals surface area (Å²) < 4.78 is 7.80. The van der Waals surface area contributed by atoms with E-state index in [0.717, 1.165) is 27.7 Å². The molecule has 5 nitrogen and oxygen atoms in total. The summed E-state index contributed by atoms with van der Waals surface area (Å²) in [6, 6.07) is 27.5. The van der Waals surface area contributed by atoms with E-state index in [0.29, 0.717) is 12.5 Å². The van der Waals surface area contributed by atoms with Crippen molar-refractivity contribution in [1.29, 1.82) is 0 Å². The third-order valence-electron chi connectivity index (χ3n) is 5.24. The van der Waals surface area contributed by atoms with Gasteiger partial charge in [-0.3, -0.25) is 0 Å². The van der Waals surface area contributed by atoms with Crippen LogP contribution in [-0.4, -0.2) is 26.7 Å². The number of hydrogen-bond acceptors (Lipinski definition) is 4. The van der Waals surface area contributed by atoms with E-state index in [4.69, 9.17) is 4.74 Å². The van der Waals surface area contributed by atoms with Crippen LogP contribution in [0, 0.1) is 0 Å². The number of fused-ring (bicyclic) bond motifs is 1. The summed E-state index contributed by atoms with van der Waals surface area (Å²) in [6.07, 6.45) is -0.737. The first-order valence-electron chi connectivity index (χ1n) is 10.1. The zero-order valence-electron chi connectivity index (χ0n) is 17.1. The largest absolute Gasteiger partial charge is 0.478 e. The van der Waals surface area contributed by atoms with Gasteiger partial charge in [0.1, 0.15) is 5.52 Å². The molecule has 0 bridgehead atoms. The molecule has 0 aliphatic heterocycles. The maximum Gasteiger partial charge on any atom is 0.216 e. The Morgan fingerprint density at radius 2 is 1.50 bits per heavy atom. The molecule has 0 saturated carbocycles. The van der Waals surface area contributed by atoms with E-state index in [2.05, 4.69) is 10.3 Å². The van der Waals surface area contributed by atoms with Gasteiger partial charge in [0.25, 0.3) is 0 Å². The van der Waals surface area contributed by atoms with E-state index in [1.54, 1.807) is 4.68 Å². The second kappa shape index (κ2) is 8.93. The Morgan fingerprint density at radius 1 is 0.900 bits per heavy atom. The number of hydrogen-bond donors (Lipinski definition) is 1. The van der Waals surface area contributed by atoms with Crippen LogP contribution in [-0.2, 0) is 4.74 Å². The van der Waals surface area contributed by atoms with Crippen molar-refractivity contribution in [3.05, 3.63) is 102 Å². The SMILES string of the molecule is CCO/C(=C(/C)C(c1ccccc1)C(O)c1ccccc1)n1nnc2ccccc21. The van der Waals surface area contributed by atoms with Crippen molar-refractivity contribution in [3.8, 4) is 0 Å². The fourth-order valence-corrected chi connectivity index (χ4v) is 3.80. The molecule has 0 aliphatic rings. The number of aliphatic hydroxyl groups excluding tert-OH is 1. The summed E-state index contributed by atoms with van der Waals surface area (Å²) in [5.41, 5.74) is 4.40. The molecule has 0 radical (unpaired) electrons. The number of rotatable bonds is 7. The summed E-state index contributed by atoms with van der Waals surface area (Å²) in [4.78, 5) is 0. The lowest BCUT2D eigenvalue weighted by Crippen LogP contribution is -2.17. The van der Waals surface area contributed by atoms with Crippen LogP contribution in [0.25, 0.3) is 16.9 Å². The second-order valence-electron chi connectivity index (χ2n) is 7.16. The number of ether oxygens (including phenoxy) is 1. The summed E-state index contributed by atoms with van der Waals surface area (Å²) in [5, 5.41) is 20.0. The van der Waals surface area contributed by atoms with Gasteiger partial charge in [-0.25, -0.2) is 0 Å². The minimum absolute atomic E-state index is 0.307. The van der Waals surface area contributed by atoms with Gasteiger partial charge >= 0.3 is 0 Å². The molecule has 3 aromatic carbocycles. The van der Waals surface area contributed by atoms with Crippen molar-refractivity contribution in [2.45, 2.75) is 25.9 Å². The van der Waals surface area contributed by atoms with Gasteiger partial charge in [0, 0.05) is 5.92 Å². The fraction of sp³-hybridized carbons (Fsp3) is 0.200. The number of aromatic nitrogens is 3. The molecule has 0 spiro atoms. The van der Waals surface area contributed by atoms with Gasteiger partial charge in [0.2, 0.25) is 5.88 Å². The lowest BCUT2D eigenvalue weighted by atomic mass is 9.84. The third-order valence-corrected chi connectivity index (χ3v) is 5.24. The van der Waals surface area contributed by atoms with Gasteiger partial charge in [-0.05, 0) is 42.7 Å². The van der Waals surface area contributed by atoms with Crippen LogP contribution >= 0.6 is 0 Å². The Kier molecular flexibility index (Phi) is 5.91. The lowest BCUT2D eigenvalue weighted by Gasteiger charge is -2.27. The maximum absolute atomic E-state index is 11.4. The third kappa shape index (κ3) is 3.84. The van der Waals surface area contributed by atoms with Gasteiger partial charge in [-0.1, -0.05) is 78.0 Å². The average molecular weight is 399 g/mol. The first-order valence-corrected chi connectivity index (χ1v) is 10.1. The number of aliphatic hydroxyl groups is 1. The Balaban J connectivity index is 1.89. The normalized spacial score (nSPS) is 14.2. The number of benzene rings is 3. The van der Waals surface area contributed by atoms with Crippen LogP contribution in [0.1, 0.15) is 37.0 Å². The van der Waals surface area contributed by atoms with E-state index < -0.39 is 6.10 Å². The molecule has 2 atom stereocenters. The molecular formula is C25H25N3O2. The van der Waals surface area contributed by atoms with Crippen molar-refractivity contribution >= 4 is 16.9 Å². The topological polar surface area (TPSA) is 60.2 Å². The van der Waals surface area contributed by atoms with Gasteiger partial charge in [-0.2, -0.15) is 4.68 Å². The highest BCUT2D eigenvalue weighted by atomic mass is 16.5. The summed E-state index contributed by atoms with van der Waals surface area (Å²) >= 11 is 0. The first kappa shape index (κ1) is 19.9. The fourth-order valence-electron chi connectivity index (χ4n) is 3.80. The molecule has 4 rings (SSSR count). The highest BCUT2D eigenvalue weighted by molar-refractivity contribution is 5.77. The smallest absolute Gasteiger partial charge is 0.216 e. The van der Waals surface area contributed by atoms with Crippen LogP contribution < -0.4 is 0 Å². The number of para-hydroxylation sites is 1. The minimum Gasteiger partial charge on any atom is -0.478 e. The van der Waals surface area contributed by atoms with Gasteiger partial charge in [-0.15, -0.1) is 5.10 Å². The second-order valence-corrected chi connectivity index (χ2v) is 7.16. The van der Waals surface area contributed by atoms with Crippen molar-refractivity contribution in [1.82, 2.24) is 15.0 Å². The molecule has 2 unspecified atom stereocenters. The average Bonchev–Trinajstić information content (AvgIpc) is 3.22. The Bertz CT molecular complexity index is 1140. The lowest BCUT2D eigenvalue weighted by molar-refractivity contribution is 0.155. The predicted octanol–water partition coefficient (Wildman–Crippen LogP) is 5.17. The molecule has 152 valence electrons. The highest BCUT2D eigenvalue weighted by Gasteiger charge is 2.28. The molecule has 0 fully saturated rings. The van der Waals surface area contributed by atoms with Crippen molar-refractivity contribution in [2.24, 2.45) is 0 Å². The summed E-state index contributed by atoms with van der Waals surface area (Å²) in [7, 11) is 0. The minimum atomic E-state index is -0.737. The van der Waals surface area contributed by atoms with Crippen molar-refractivity contribution in [3.63, 3.8) is 0 Å². The van der Waals surface area contributed by atoms with Crippen LogP contribution in [0.2, 0.25) is 0 Å². The van der Waals surface area contributed by atoms with Gasteiger partial charge in [0.15, 0.2) is 0 Å². The zero-order valence-corrected chi connectivity index (χ0v) is 17.1. The van der Waals surface area contributed by atoms with E-state index in [1.807, 2.05) is 98.8 Å². The highest BCUT2D eigenvalue weighted by Crippen LogP contribution is 2.39. The molecular weight excluding hydrogens is 374 g/mol. The first-order chi connectivity index (χ1) is 14.7. The molecule has 5 heteroatoms. The van der Waals surface area contributed by atoms with E-state index in [1.165, 1.54) is 0 Å². The Labute approximate surface area is 176 Å². The molecule has 1 N–H and O–H groups in total. The predicted molar refractivity (Wildman–Crippen MR) is 119 cm³/mol. The van der Waals surface area contributed by atoms with Crippen LogP contribution in [0.5, 0.6) is 0 Å². The quantitative estimate of drug-likeness (QED) is 0.435. The van der Waals surface area contributed by atoms with Gasteiger partial charge < -0.3 is 9.84 Å². The van der Waals surface area contributed by atoms with E-state index in [9.17, 15) is 5.11 Å². The van der Waals surface area contributed by atoms with E-state index in [-0.39, 0.29) is 5.92 Å². The van der Waals surface area contributed by atoms with Crippen LogP contribution in [0.4, 0.5) is 0 Å². The summed E-state index contributed by atoms with van der Waals surface area (Å²) in [5.74, 6) is 0.285. The van der Waals surface area contributed by atoms with Crippen molar-refractivity contribution < 1.29 is 9.84 Å². The maximum atomic E-state index is 11.4. The molecule has 30 heavy (non-hydrogen) atoms. The standard InChI is InChI=1S/C25H25N3O2/c1-3-30-25(28-22-17-11-10-16-21(22)26-27-28)18(2)23(19-12-6-4-7-13-19)24(29)20-14-8-5-9-15-20/h4-17,23-24,29H,3H2,1-2H3/b25-18-. The number of nitrogens with zero attached hydrogens (tertiary/aromatic N) is 3. The molecule has 1 aromatic heterocycles. The summed E-state index contributed by atoms with van der Waals surface area (Å²) in [6.45, 7) is 4.41. The van der Waals surface area contributed by atoms with E-state index >= 15 is 0 Å². The van der Waals surface area contributed by atoms with Gasteiger partial charge in [0.05, 0.1) is 18.2 Å². The molecule has 0 amide bonds. The Hall–Kier alpha value is -3.44. The van der Waals surface area contributed by atoms with Crippen molar-refractivity contribution in [2.75, 3.05) is 6.61 Å². The molecule has 0 saturated heterocycles. The van der Waals surface area contributed by atoms with Crippen LogP contribution in [0.15, 0.2) is 90.5 Å². The molecule has 1 heterocycles. The monoisotopic (exact) mass is 399 g/mol. The Morgan fingerprint density at radius 3 is 2.17 bits per heavy atom. The molecule has 4 aromatic rings. The molecule has 0 aliphatic carbocycles. The zero-order chi connectivity index (χ0) is 20.9.